The van der Waals surface area contributed by atoms with Crippen molar-refractivity contribution in [3.63, 3.8) is 0 Å². The van der Waals surface area contributed by atoms with Crippen LogP contribution in [0.5, 0.6) is 0 Å². The van der Waals surface area contributed by atoms with Gasteiger partial charge in [0, 0.05) is 26.3 Å². The average Bonchev–Trinajstić information content (AvgIpc) is 2.83. The number of benzene rings is 1. The van der Waals surface area contributed by atoms with E-state index in [-0.39, 0.29) is 5.91 Å². The van der Waals surface area contributed by atoms with Gasteiger partial charge < -0.3 is 10.2 Å². The van der Waals surface area contributed by atoms with Crippen LogP contribution in [-0.4, -0.2) is 20.0 Å². The molecule has 5 heteroatoms. The Bertz CT molecular complexity index is 563. The molecule has 0 saturated heterocycles. The Morgan fingerprint density at radius 1 is 1.21 bits per heavy atom. The van der Waals surface area contributed by atoms with Crippen LogP contribution in [0.1, 0.15) is 15.2 Å². The second-order valence-electron chi connectivity index (χ2n) is 4.35. The van der Waals surface area contributed by atoms with Crippen molar-refractivity contribution in [1.29, 1.82) is 0 Å². The molecule has 0 fully saturated rings. The monoisotopic (exact) mass is 294 g/mol. The lowest BCUT2D eigenvalue weighted by atomic mass is 10.2. The summed E-state index contributed by atoms with van der Waals surface area (Å²) in [5.74, 6) is -0.0893. The lowest BCUT2D eigenvalue weighted by molar-refractivity contribution is 0.0955. The third-order valence-corrected chi connectivity index (χ3v) is 3.93. The summed E-state index contributed by atoms with van der Waals surface area (Å²) in [7, 11) is 3.99. The smallest absolute Gasteiger partial charge is 0.261 e. The molecule has 0 bridgehead atoms. The molecule has 0 spiro atoms. The van der Waals surface area contributed by atoms with Gasteiger partial charge in [-0.2, -0.15) is 0 Å². The number of halogens is 1. The largest absolute Gasteiger partial charge is 0.378 e. The predicted octanol–water partition coefficient (Wildman–Crippen LogP) is 3.40. The van der Waals surface area contributed by atoms with Crippen LogP contribution in [0.2, 0.25) is 4.34 Å². The topological polar surface area (TPSA) is 32.3 Å². The molecule has 0 radical (unpaired) electrons. The zero-order valence-electron chi connectivity index (χ0n) is 10.8. The van der Waals surface area contributed by atoms with Gasteiger partial charge in [0.15, 0.2) is 0 Å². The van der Waals surface area contributed by atoms with Crippen molar-refractivity contribution in [2.45, 2.75) is 6.54 Å². The summed E-state index contributed by atoms with van der Waals surface area (Å²) in [6.07, 6.45) is 0. The molecule has 2 aromatic rings. The molecule has 1 N–H and O–H groups in total. The van der Waals surface area contributed by atoms with Crippen LogP contribution < -0.4 is 10.2 Å². The highest BCUT2D eigenvalue weighted by Crippen LogP contribution is 2.21. The van der Waals surface area contributed by atoms with Gasteiger partial charge in [0.25, 0.3) is 5.91 Å². The first kappa shape index (κ1) is 13.9. The van der Waals surface area contributed by atoms with Crippen LogP contribution >= 0.6 is 22.9 Å². The zero-order chi connectivity index (χ0) is 13.8. The maximum absolute atomic E-state index is 11.8. The van der Waals surface area contributed by atoms with Gasteiger partial charge >= 0.3 is 0 Å². The Kier molecular flexibility index (Phi) is 4.45. The Labute approximate surface area is 121 Å². The van der Waals surface area contributed by atoms with Gasteiger partial charge in [0.1, 0.15) is 0 Å². The second-order valence-corrected chi connectivity index (χ2v) is 6.06. The fourth-order valence-corrected chi connectivity index (χ4v) is 2.58. The molecule has 3 nitrogen and oxygen atoms in total. The van der Waals surface area contributed by atoms with E-state index in [1.165, 1.54) is 11.3 Å². The SMILES string of the molecule is CN(C)c1ccc(CNC(=O)c2ccc(Cl)s2)cc1. The number of anilines is 1. The lowest BCUT2D eigenvalue weighted by Crippen LogP contribution is -2.21. The Morgan fingerprint density at radius 2 is 1.89 bits per heavy atom. The number of rotatable bonds is 4. The van der Waals surface area contributed by atoms with Crippen molar-refractivity contribution in [2.75, 3.05) is 19.0 Å². The molecule has 0 saturated carbocycles. The molecule has 2 rings (SSSR count). The normalized spacial score (nSPS) is 10.3. The third kappa shape index (κ3) is 3.72. The summed E-state index contributed by atoms with van der Waals surface area (Å²) in [6.45, 7) is 0.516. The van der Waals surface area contributed by atoms with E-state index in [0.29, 0.717) is 15.8 Å². The van der Waals surface area contributed by atoms with E-state index >= 15 is 0 Å². The summed E-state index contributed by atoms with van der Waals surface area (Å²) >= 11 is 7.09. The first-order valence-electron chi connectivity index (χ1n) is 5.86. The number of hydrogen-bond acceptors (Lipinski definition) is 3. The maximum atomic E-state index is 11.8. The summed E-state index contributed by atoms with van der Waals surface area (Å²) < 4.78 is 0.625. The first-order valence-corrected chi connectivity index (χ1v) is 7.05. The van der Waals surface area contributed by atoms with Crippen molar-refractivity contribution in [3.8, 4) is 0 Å². The highest BCUT2D eigenvalue weighted by Gasteiger charge is 2.08. The molecule has 19 heavy (non-hydrogen) atoms. The number of carbonyl (C=O) groups is 1. The van der Waals surface area contributed by atoms with Crippen LogP contribution in [0.4, 0.5) is 5.69 Å². The van der Waals surface area contributed by atoms with Gasteiger partial charge in [-0.15, -0.1) is 11.3 Å². The van der Waals surface area contributed by atoms with Crippen molar-refractivity contribution < 1.29 is 4.79 Å². The van der Waals surface area contributed by atoms with Crippen molar-refractivity contribution in [1.82, 2.24) is 5.32 Å². The van der Waals surface area contributed by atoms with Crippen LogP contribution in [-0.2, 0) is 6.54 Å². The predicted molar refractivity (Wildman–Crippen MR) is 81.3 cm³/mol. The number of nitrogens with zero attached hydrogens (tertiary/aromatic N) is 1. The van der Waals surface area contributed by atoms with Gasteiger partial charge in [-0.25, -0.2) is 0 Å². The van der Waals surface area contributed by atoms with Gasteiger partial charge in [-0.3, -0.25) is 4.79 Å². The summed E-state index contributed by atoms with van der Waals surface area (Å²) in [5.41, 5.74) is 2.21. The summed E-state index contributed by atoms with van der Waals surface area (Å²) in [4.78, 5) is 14.5. The highest BCUT2D eigenvalue weighted by atomic mass is 35.5. The number of nitrogens with one attached hydrogen (secondary N) is 1. The van der Waals surface area contributed by atoms with E-state index < -0.39 is 0 Å². The molecule has 0 aliphatic carbocycles. The third-order valence-electron chi connectivity index (χ3n) is 2.70. The molecular weight excluding hydrogens is 280 g/mol. The van der Waals surface area contributed by atoms with E-state index in [1.54, 1.807) is 12.1 Å². The van der Waals surface area contributed by atoms with Crippen LogP contribution in [0.3, 0.4) is 0 Å². The van der Waals surface area contributed by atoms with Crippen LogP contribution in [0.25, 0.3) is 0 Å². The second kappa shape index (κ2) is 6.08. The van der Waals surface area contributed by atoms with Gasteiger partial charge in [-0.1, -0.05) is 23.7 Å². The zero-order valence-corrected chi connectivity index (χ0v) is 12.4. The number of hydrogen-bond donors (Lipinski definition) is 1. The average molecular weight is 295 g/mol. The summed E-state index contributed by atoms with van der Waals surface area (Å²) in [5, 5.41) is 2.88. The molecule has 0 atom stereocenters. The molecule has 0 unspecified atom stereocenters. The van der Waals surface area contributed by atoms with Gasteiger partial charge in [0.05, 0.1) is 9.21 Å². The number of carbonyl (C=O) groups excluding carboxylic acids is 1. The Hall–Kier alpha value is -1.52. The minimum Gasteiger partial charge on any atom is -0.378 e. The van der Waals surface area contributed by atoms with Crippen LogP contribution in [0.15, 0.2) is 36.4 Å². The lowest BCUT2D eigenvalue weighted by Gasteiger charge is -2.12. The first-order chi connectivity index (χ1) is 9.06. The number of thiophene rings is 1. The molecule has 1 aromatic carbocycles. The molecule has 1 aromatic heterocycles. The fraction of sp³-hybridized carbons (Fsp3) is 0.214. The Balaban J connectivity index is 1.93. The molecule has 0 aliphatic heterocycles. The summed E-state index contributed by atoms with van der Waals surface area (Å²) in [6, 6.07) is 11.5. The minimum atomic E-state index is -0.0893. The molecular formula is C14H15ClN2OS. The van der Waals surface area contributed by atoms with Crippen molar-refractivity contribution in [3.05, 3.63) is 51.2 Å². The molecule has 1 amide bonds. The van der Waals surface area contributed by atoms with E-state index in [0.717, 1.165) is 11.3 Å². The minimum absolute atomic E-state index is 0.0893. The van der Waals surface area contributed by atoms with Crippen molar-refractivity contribution >= 4 is 34.5 Å². The fourth-order valence-electron chi connectivity index (χ4n) is 1.62. The maximum Gasteiger partial charge on any atom is 0.261 e. The highest BCUT2D eigenvalue weighted by molar-refractivity contribution is 7.17. The van der Waals surface area contributed by atoms with E-state index in [1.807, 2.05) is 43.3 Å². The molecule has 0 aliphatic rings. The molecule has 1 heterocycles. The van der Waals surface area contributed by atoms with Gasteiger partial charge in [-0.05, 0) is 29.8 Å². The van der Waals surface area contributed by atoms with E-state index in [9.17, 15) is 4.79 Å². The quantitative estimate of drug-likeness (QED) is 0.937. The Morgan fingerprint density at radius 3 is 2.42 bits per heavy atom. The van der Waals surface area contributed by atoms with E-state index in [2.05, 4.69) is 5.32 Å². The van der Waals surface area contributed by atoms with Crippen molar-refractivity contribution in [2.24, 2.45) is 0 Å². The molecule has 100 valence electrons. The van der Waals surface area contributed by atoms with E-state index in [4.69, 9.17) is 11.6 Å². The standard InChI is InChI=1S/C14H15ClN2OS/c1-17(2)11-5-3-10(4-6-11)9-16-14(18)12-7-8-13(15)19-12/h3-8H,9H2,1-2H3,(H,16,18). The number of amides is 1. The van der Waals surface area contributed by atoms with Crippen LogP contribution in [0, 0.1) is 0 Å². The van der Waals surface area contributed by atoms with Gasteiger partial charge in [0.2, 0.25) is 0 Å².